The smallest absolute Gasteiger partial charge is 0.233 e. The number of benzene rings is 1. The third-order valence-electron chi connectivity index (χ3n) is 3.44. The molecule has 0 spiro atoms. The van der Waals surface area contributed by atoms with Gasteiger partial charge in [-0.05, 0) is 17.7 Å². The normalized spacial score (nSPS) is 22.5. The molecule has 1 fully saturated rings. The van der Waals surface area contributed by atoms with Crippen LogP contribution in [0.2, 0.25) is 0 Å². The van der Waals surface area contributed by atoms with Crippen LogP contribution in [-0.4, -0.2) is 59.2 Å². The molecule has 7 heteroatoms. The van der Waals surface area contributed by atoms with Gasteiger partial charge in [0.2, 0.25) is 5.91 Å². The van der Waals surface area contributed by atoms with Gasteiger partial charge in [0.1, 0.15) is 18.6 Å². The molecule has 0 aliphatic carbocycles. The van der Waals surface area contributed by atoms with Crippen molar-refractivity contribution in [1.29, 1.82) is 0 Å². The lowest BCUT2D eigenvalue weighted by Crippen LogP contribution is -2.37. The van der Waals surface area contributed by atoms with Gasteiger partial charge in [0.15, 0.2) is 11.5 Å². The summed E-state index contributed by atoms with van der Waals surface area (Å²) >= 11 is 1.50. The summed E-state index contributed by atoms with van der Waals surface area (Å²) < 4.78 is 11.0. The Morgan fingerprint density at radius 2 is 2.10 bits per heavy atom. The van der Waals surface area contributed by atoms with Crippen LogP contribution >= 0.6 is 11.8 Å². The number of nitrogens with zero attached hydrogens (tertiary/aromatic N) is 1. The van der Waals surface area contributed by atoms with Crippen LogP contribution < -0.4 is 9.47 Å². The summed E-state index contributed by atoms with van der Waals surface area (Å²) in [6.07, 6.45) is -0.924. The Morgan fingerprint density at radius 1 is 1.33 bits per heavy atom. The van der Waals surface area contributed by atoms with Crippen LogP contribution in [-0.2, 0) is 4.79 Å². The van der Waals surface area contributed by atoms with Gasteiger partial charge >= 0.3 is 0 Å². The molecule has 1 unspecified atom stereocenters. The number of thioether (sulfide) groups is 1. The quantitative estimate of drug-likeness (QED) is 0.837. The van der Waals surface area contributed by atoms with E-state index in [1.54, 1.807) is 4.90 Å². The van der Waals surface area contributed by atoms with Gasteiger partial charge in [0.25, 0.3) is 0 Å². The van der Waals surface area contributed by atoms with Crippen LogP contribution in [0.3, 0.4) is 0 Å². The maximum absolute atomic E-state index is 12.0. The minimum Gasteiger partial charge on any atom is -0.486 e. The molecule has 2 heterocycles. The second-order valence-electron chi connectivity index (χ2n) is 4.95. The second-order valence-corrected chi connectivity index (χ2v) is 6.02. The van der Waals surface area contributed by atoms with Crippen LogP contribution in [0.4, 0.5) is 0 Å². The van der Waals surface area contributed by atoms with E-state index in [0.29, 0.717) is 30.5 Å². The molecule has 1 saturated heterocycles. The molecule has 2 aliphatic heterocycles. The molecular weight excluding hydrogens is 294 g/mol. The van der Waals surface area contributed by atoms with Crippen LogP contribution in [0.15, 0.2) is 18.2 Å². The molecule has 1 aromatic rings. The van der Waals surface area contributed by atoms with Crippen LogP contribution in [0, 0.1) is 0 Å². The van der Waals surface area contributed by atoms with E-state index < -0.39 is 6.10 Å². The average Bonchev–Trinajstić information content (AvgIpc) is 2.87. The predicted molar refractivity (Wildman–Crippen MR) is 77.4 cm³/mol. The Morgan fingerprint density at radius 3 is 2.86 bits per heavy atom. The fourth-order valence-electron chi connectivity index (χ4n) is 2.43. The number of aliphatic hydroxyl groups is 2. The van der Waals surface area contributed by atoms with E-state index in [0.717, 1.165) is 5.56 Å². The van der Waals surface area contributed by atoms with Gasteiger partial charge in [-0.25, -0.2) is 0 Å². The number of ether oxygens (including phenoxy) is 2. The number of amides is 1. The Bertz CT molecular complexity index is 538. The molecule has 2 aliphatic rings. The zero-order valence-electron chi connectivity index (χ0n) is 11.4. The molecule has 114 valence electrons. The molecule has 0 aromatic heterocycles. The number of rotatable bonds is 4. The first kappa shape index (κ1) is 14.5. The van der Waals surface area contributed by atoms with Crippen molar-refractivity contribution in [2.24, 2.45) is 0 Å². The highest BCUT2D eigenvalue weighted by molar-refractivity contribution is 8.00. The lowest BCUT2D eigenvalue weighted by Gasteiger charge is -2.27. The van der Waals surface area contributed by atoms with Gasteiger partial charge in [-0.1, -0.05) is 6.07 Å². The van der Waals surface area contributed by atoms with Gasteiger partial charge in [0.05, 0.1) is 25.0 Å². The topological polar surface area (TPSA) is 79.2 Å². The highest BCUT2D eigenvalue weighted by atomic mass is 32.2. The van der Waals surface area contributed by atoms with Crippen LogP contribution in [0.25, 0.3) is 0 Å². The third kappa shape index (κ3) is 2.95. The van der Waals surface area contributed by atoms with Crippen molar-refractivity contribution in [3.05, 3.63) is 23.8 Å². The van der Waals surface area contributed by atoms with E-state index in [1.165, 1.54) is 11.8 Å². The van der Waals surface area contributed by atoms with Crippen LogP contribution in [0.5, 0.6) is 11.5 Å². The SMILES string of the molecule is O=C1CSC(c2ccc3c(c2)OCCO3)N1C[C@H](O)CO. The first-order chi connectivity index (χ1) is 10.2. The zero-order valence-corrected chi connectivity index (χ0v) is 12.2. The van der Waals surface area contributed by atoms with E-state index in [4.69, 9.17) is 14.6 Å². The summed E-state index contributed by atoms with van der Waals surface area (Å²) in [5.41, 5.74) is 0.931. The molecule has 3 rings (SSSR count). The number of carbonyl (C=O) groups is 1. The van der Waals surface area contributed by atoms with Crippen LogP contribution in [0.1, 0.15) is 10.9 Å². The molecule has 1 amide bonds. The molecule has 0 bridgehead atoms. The number of fused-ring (bicyclic) bond motifs is 1. The van der Waals surface area contributed by atoms with Gasteiger partial charge in [-0.3, -0.25) is 4.79 Å². The number of carbonyl (C=O) groups excluding carboxylic acids is 1. The first-order valence-corrected chi connectivity index (χ1v) is 7.83. The molecule has 6 nitrogen and oxygen atoms in total. The van der Waals surface area contributed by atoms with Crippen molar-refractivity contribution in [2.45, 2.75) is 11.5 Å². The van der Waals surface area contributed by atoms with Gasteiger partial charge in [-0.2, -0.15) is 0 Å². The van der Waals surface area contributed by atoms with E-state index in [1.807, 2.05) is 18.2 Å². The summed E-state index contributed by atoms with van der Waals surface area (Å²) in [5.74, 6) is 1.73. The van der Waals surface area contributed by atoms with Crippen molar-refractivity contribution >= 4 is 17.7 Å². The number of aliphatic hydroxyl groups excluding tert-OH is 2. The van der Waals surface area contributed by atoms with Crippen molar-refractivity contribution in [3.63, 3.8) is 0 Å². The lowest BCUT2D eigenvalue weighted by molar-refractivity contribution is -0.129. The summed E-state index contributed by atoms with van der Waals surface area (Å²) in [6.45, 7) is 0.821. The van der Waals surface area contributed by atoms with Crippen molar-refractivity contribution in [2.75, 3.05) is 32.1 Å². The van der Waals surface area contributed by atoms with Gasteiger partial charge < -0.3 is 24.6 Å². The summed E-state index contributed by atoms with van der Waals surface area (Å²) in [4.78, 5) is 13.5. The summed E-state index contributed by atoms with van der Waals surface area (Å²) in [7, 11) is 0. The molecule has 0 saturated carbocycles. The van der Waals surface area contributed by atoms with E-state index >= 15 is 0 Å². The second kappa shape index (κ2) is 6.13. The van der Waals surface area contributed by atoms with E-state index in [9.17, 15) is 9.90 Å². The highest BCUT2D eigenvalue weighted by Crippen LogP contribution is 2.42. The fraction of sp³-hybridized carbons (Fsp3) is 0.500. The minimum atomic E-state index is -0.924. The Balaban J connectivity index is 1.82. The largest absolute Gasteiger partial charge is 0.486 e. The number of β-amino-alcohol motifs (C(OH)–C–C–N with tert-alkyl or cyclic N) is 1. The van der Waals surface area contributed by atoms with Crippen molar-refractivity contribution in [3.8, 4) is 11.5 Å². The molecular formula is C14H17NO5S. The molecule has 2 N–H and O–H groups in total. The zero-order chi connectivity index (χ0) is 14.8. The van der Waals surface area contributed by atoms with Gasteiger partial charge in [-0.15, -0.1) is 11.8 Å². The maximum Gasteiger partial charge on any atom is 0.233 e. The Kier molecular flexibility index (Phi) is 4.23. The molecule has 2 atom stereocenters. The first-order valence-electron chi connectivity index (χ1n) is 6.78. The number of hydrogen-bond donors (Lipinski definition) is 2. The molecule has 21 heavy (non-hydrogen) atoms. The fourth-order valence-corrected chi connectivity index (χ4v) is 3.61. The third-order valence-corrected chi connectivity index (χ3v) is 4.69. The predicted octanol–water partition coefficient (Wildman–Crippen LogP) is 0.385. The standard InChI is InChI=1S/C14H17NO5S/c16-7-10(17)6-15-13(18)8-21-14(15)9-1-2-11-12(5-9)20-4-3-19-11/h1-2,5,10,14,16-17H,3-4,6-8H2/t10-,14?/m0/s1. The highest BCUT2D eigenvalue weighted by Gasteiger charge is 2.34. The lowest BCUT2D eigenvalue weighted by atomic mass is 10.1. The van der Waals surface area contributed by atoms with Crippen molar-refractivity contribution < 1.29 is 24.5 Å². The summed E-state index contributed by atoms with van der Waals surface area (Å²) in [5, 5.41) is 18.4. The molecule has 0 radical (unpaired) electrons. The molecule has 1 aromatic carbocycles. The van der Waals surface area contributed by atoms with E-state index in [-0.39, 0.29) is 24.4 Å². The summed E-state index contributed by atoms with van der Waals surface area (Å²) in [6, 6.07) is 5.62. The average molecular weight is 311 g/mol. The minimum absolute atomic E-state index is 0.0348. The monoisotopic (exact) mass is 311 g/mol. The van der Waals surface area contributed by atoms with Crippen molar-refractivity contribution in [1.82, 2.24) is 4.90 Å². The van der Waals surface area contributed by atoms with E-state index in [2.05, 4.69) is 0 Å². The van der Waals surface area contributed by atoms with Gasteiger partial charge in [0, 0.05) is 0 Å². The maximum atomic E-state index is 12.0. The number of hydrogen-bond acceptors (Lipinski definition) is 6. The Hall–Kier alpha value is -1.44. The Labute approximate surface area is 126 Å².